The monoisotopic (exact) mass is 444 g/mol. The fraction of sp³-hybridized carbons (Fsp3) is 0.158. The smallest absolute Gasteiger partial charge is 0.392 e. The third kappa shape index (κ3) is 5.15. The van der Waals surface area contributed by atoms with Crippen LogP contribution in [0.4, 0.5) is 36.8 Å². The molecule has 0 aliphatic rings. The predicted octanol–water partition coefficient (Wildman–Crippen LogP) is 4.12. The summed E-state index contributed by atoms with van der Waals surface area (Å²) in [6.07, 6.45) is -4.81. The van der Waals surface area contributed by atoms with Crippen LogP contribution in [0.1, 0.15) is 17.0 Å². The number of hydrogen-bond donors (Lipinski definition) is 3. The molecule has 0 aliphatic carbocycles. The Morgan fingerprint density at radius 1 is 1.00 bits per heavy atom. The highest BCUT2D eigenvalue weighted by atomic mass is 19.4. The number of hydrogen-bond acceptors (Lipinski definition) is 3. The number of halogens is 6. The first-order chi connectivity index (χ1) is 14.6. The van der Waals surface area contributed by atoms with Gasteiger partial charge in [-0.15, -0.1) is 0 Å². The lowest BCUT2D eigenvalue weighted by Crippen LogP contribution is -2.29. The zero-order chi connectivity index (χ0) is 22.8. The van der Waals surface area contributed by atoms with Gasteiger partial charge in [0.05, 0.1) is 24.5 Å². The highest BCUT2D eigenvalue weighted by molar-refractivity contribution is 5.89. The molecule has 3 rings (SSSR count). The van der Waals surface area contributed by atoms with Gasteiger partial charge < -0.3 is 15.7 Å². The first kappa shape index (κ1) is 22.2. The maximum Gasteiger partial charge on any atom is 0.435 e. The van der Waals surface area contributed by atoms with Crippen LogP contribution in [-0.4, -0.2) is 20.9 Å². The summed E-state index contributed by atoms with van der Waals surface area (Å²) in [5, 5.41) is 16.9. The number of alkyl halides is 3. The zero-order valence-electron chi connectivity index (χ0n) is 15.5. The Hall–Kier alpha value is -3.54. The van der Waals surface area contributed by atoms with Crippen molar-refractivity contribution in [1.82, 2.24) is 15.1 Å². The Kier molecular flexibility index (Phi) is 6.20. The highest BCUT2D eigenvalue weighted by Gasteiger charge is 2.35. The number of aliphatic hydroxyl groups is 1. The summed E-state index contributed by atoms with van der Waals surface area (Å²) in [4.78, 5) is 12.0. The minimum Gasteiger partial charge on any atom is -0.392 e. The average Bonchev–Trinajstić information content (AvgIpc) is 3.13. The van der Waals surface area contributed by atoms with Crippen LogP contribution in [0.2, 0.25) is 0 Å². The minimum absolute atomic E-state index is 0.0149. The fourth-order valence-corrected chi connectivity index (χ4v) is 2.62. The van der Waals surface area contributed by atoms with Gasteiger partial charge in [0.25, 0.3) is 0 Å². The van der Waals surface area contributed by atoms with Crippen molar-refractivity contribution in [3.8, 4) is 5.69 Å². The molecule has 0 bridgehead atoms. The van der Waals surface area contributed by atoms with E-state index in [-0.39, 0.29) is 22.6 Å². The largest absolute Gasteiger partial charge is 0.435 e. The summed E-state index contributed by atoms with van der Waals surface area (Å²) >= 11 is 0. The standard InChI is InChI=1S/C19H14F6N4O2/c20-14-4-3-12(6-16(14)22)29-13(7-17(28-29)19(23,24)25)8-26-18(31)27-11-2-1-10(9-30)15(21)5-11/h1-7,30H,8-9H2,(H2,26,27,31). The van der Waals surface area contributed by atoms with Gasteiger partial charge in [-0.1, -0.05) is 6.07 Å². The second kappa shape index (κ2) is 8.68. The van der Waals surface area contributed by atoms with Crippen molar-refractivity contribution in [2.75, 3.05) is 5.32 Å². The van der Waals surface area contributed by atoms with E-state index in [0.29, 0.717) is 12.1 Å². The Labute approximate surface area is 171 Å². The molecule has 0 saturated carbocycles. The van der Waals surface area contributed by atoms with Crippen molar-refractivity contribution in [1.29, 1.82) is 0 Å². The van der Waals surface area contributed by atoms with Crippen LogP contribution in [-0.2, 0) is 19.3 Å². The van der Waals surface area contributed by atoms with Gasteiger partial charge in [-0.05, 0) is 30.3 Å². The second-order valence-corrected chi connectivity index (χ2v) is 6.30. The number of nitrogens with zero attached hydrogens (tertiary/aromatic N) is 2. The molecule has 6 nitrogen and oxygen atoms in total. The first-order valence-electron chi connectivity index (χ1n) is 8.64. The Bertz CT molecular complexity index is 1110. The van der Waals surface area contributed by atoms with E-state index >= 15 is 0 Å². The quantitative estimate of drug-likeness (QED) is 0.518. The number of amides is 2. The van der Waals surface area contributed by atoms with Crippen LogP contribution < -0.4 is 10.6 Å². The number of rotatable bonds is 5. The van der Waals surface area contributed by atoms with Crippen LogP contribution >= 0.6 is 0 Å². The van der Waals surface area contributed by atoms with Crippen LogP contribution in [0.25, 0.3) is 5.69 Å². The maximum absolute atomic E-state index is 13.7. The van der Waals surface area contributed by atoms with E-state index in [1.165, 1.54) is 12.1 Å². The van der Waals surface area contributed by atoms with Gasteiger partial charge >= 0.3 is 12.2 Å². The van der Waals surface area contributed by atoms with E-state index in [1.807, 2.05) is 0 Å². The SMILES string of the molecule is O=C(NCc1cc(C(F)(F)F)nn1-c1ccc(F)c(F)c1)Nc1ccc(CO)c(F)c1. The molecule has 0 spiro atoms. The van der Waals surface area contributed by atoms with Gasteiger partial charge in [-0.25, -0.2) is 22.6 Å². The number of anilines is 1. The molecule has 2 amide bonds. The molecule has 1 aromatic heterocycles. The molecule has 0 aliphatic heterocycles. The van der Waals surface area contributed by atoms with Gasteiger partial charge in [0.2, 0.25) is 0 Å². The molecule has 164 valence electrons. The molecule has 0 radical (unpaired) electrons. The molecule has 0 fully saturated rings. The maximum atomic E-state index is 13.7. The van der Waals surface area contributed by atoms with E-state index in [2.05, 4.69) is 15.7 Å². The lowest BCUT2D eigenvalue weighted by Gasteiger charge is -2.11. The third-order valence-corrected chi connectivity index (χ3v) is 4.13. The van der Waals surface area contributed by atoms with E-state index in [0.717, 1.165) is 22.9 Å². The normalized spacial score (nSPS) is 11.5. The number of carbonyl (C=O) groups excluding carboxylic acids is 1. The van der Waals surface area contributed by atoms with E-state index < -0.39 is 48.5 Å². The average molecular weight is 444 g/mol. The van der Waals surface area contributed by atoms with Gasteiger partial charge in [0.1, 0.15) is 5.82 Å². The van der Waals surface area contributed by atoms with Crippen LogP contribution in [0.5, 0.6) is 0 Å². The number of nitrogens with one attached hydrogen (secondary N) is 2. The number of urea groups is 1. The third-order valence-electron chi connectivity index (χ3n) is 4.13. The summed E-state index contributed by atoms with van der Waals surface area (Å²) in [5.74, 6) is -3.23. The summed E-state index contributed by atoms with van der Waals surface area (Å²) in [5.41, 5.74) is -1.60. The van der Waals surface area contributed by atoms with E-state index in [9.17, 15) is 31.1 Å². The molecule has 1 heterocycles. The van der Waals surface area contributed by atoms with Gasteiger partial charge in [0, 0.05) is 17.3 Å². The minimum atomic E-state index is -4.81. The van der Waals surface area contributed by atoms with Crippen molar-refractivity contribution >= 4 is 11.7 Å². The van der Waals surface area contributed by atoms with E-state index in [1.54, 1.807) is 0 Å². The van der Waals surface area contributed by atoms with Crippen molar-refractivity contribution in [2.24, 2.45) is 0 Å². The molecule has 0 unspecified atom stereocenters. The first-order valence-corrected chi connectivity index (χ1v) is 8.64. The van der Waals surface area contributed by atoms with E-state index in [4.69, 9.17) is 5.11 Å². The second-order valence-electron chi connectivity index (χ2n) is 6.30. The van der Waals surface area contributed by atoms with Crippen molar-refractivity contribution < 1.29 is 36.2 Å². The summed E-state index contributed by atoms with van der Waals surface area (Å²) in [7, 11) is 0. The highest BCUT2D eigenvalue weighted by Crippen LogP contribution is 2.29. The summed E-state index contributed by atoms with van der Waals surface area (Å²) in [6.45, 7) is -1.00. The summed E-state index contributed by atoms with van der Waals surface area (Å²) in [6, 6.07) is 5.73. The fourth-order valence-electron chi connectivity index (χ4n) is 2.62. The molecule has 3 aromatic rings. The lowest BCUT2D eigenvalue weighted by molar-refractivity contribution is -0.141. The molecule has 0 saturated heterocycles. The molecule has 12 heteroatoms. The molecular formula is C19H14F6N4O2. The Balaban J connectivity index is 1.80. The van der Waals surface area contributed by atoms with Crippen molar-refractivity contribution in [3.05, 3.63) is 76.9 Å². The number of benzene rings is 2. The number of aliphatic hydroxyl groups excluding tert-OH is 1. The predicted molar refractivity (Wildman–Crippen MR) is 96.7 cm³/mol. The molecule has 2 aromatic carbocycles. The number of aromatic nitrogens is 2. The van der Waals surface area contributed by atoms with Crippen LogP contribution in [0, 0.1) is 17.5 Å². The molecule has 0 atom stereocenters. The molecule has 31 heavy (non-hydrogen) atoms. The van der Waals surface area contributed by atoms with Crippen LogP contribution in [0.15, 0.2) is 42.5 Å². The Morgan fingerprint density at radius 3 is 2.35 bits per heavy atom. The van der Waals surface area contributed by atoms with Crippen LogP contribution in [0.3, 0.4) is 0 Å². The topological polar surface area (TPSA) is 79.2 Å². The van der Waals surface area contributed by atoms with Gasteiger partial charge in [0.15, 0.2) is 17.3 Å². The molecular weight excluding hydrogens is 430 g/mol. The number of carbonyl (C=O) groups is 1. The Morgan fingerprint density at radius 2 is 1.74 bits per heavy atom. The van der Waals surface area contributed by atoms with Gasteiger partial charge in [-0.3, -0.25) is 0 Å². The van der Waals surface area contributed by atoms with Crippen molar-refractivity contribution in [2.45, 2.75) is 19.3 Å². The molecule has 3 N–H and O–H groups in total. The van der Waals surface area contributed by atoms with Crippen molar-refractivity contribution in [3.63, 3.8) is 0 Å². The van der Waals surface area contributed by atoms with Gasteiger partial charge in [-0.2, -0.15) is 18.3 Å². The lowest BCUT2D eigenvalue weighted by atomic mass is 10.2. The summed E-state index contributed by atoms with van der Waals surface area (Å²) < 4.78 is 80.2. The zero-order valence-corrected chi connectivity index (χ0v) is 15.5.